The number of esters is 1. The third-order valence-corrected chi connectivity index (χ3v) is 5.89. The molecule has 2 aliphatic rings. The molecule has 1 unspecified atom stereocenters. The van der Waals surface area contributed by atoms with Gasteiger partial charge in [-0.15, -0.1) is 0 Å². The molecular weight excluding hydrogens is 355 g/mol. The topological polar surface area (TPSA) is 43.4 Å². The van der Waals surface area contributed by atoms with Crippen molar-refractivity contribution in [2.45, 2.75) is 44.1 Å². The quantitative estimate of drug-likeness (QED) is 0.551. The Bertz CT molecular complexity index is 898. The van der Waals surface area contributed by atoms with E-state index < -0.39 is 17.5 Å². The van der Waals surface area contributed by atoms with Gasteiger partial charge in [0.2, 0.25) is 0 Å². The van der Waals surface area contributed by atoms with Gasteiger partial charge in [0, 0.05) is 5.02 Å². The van der Waals surface area contributed by atoms with E-state index in [1.807, 2.05) is 13.0 Å². The molecule has 3 nitrogen and oxygen atoms in total. The fourth-order valence-corrected chi connectivity index (χ4v) is 4.52. The maximum atomic E-state index is 13.2. The predicted molar refractivity (Wildman–Crippen MR) is 96.6 cm³/mol. The smallest absolute Gasteiger partial charge is 0.322 e. The summed E-state index contributed by atoms with van der Waals surface area (Å²) < 4.78 is 18.8. The number of ketones is 1. The van der Waals surface area contributed by atoms with E-state index in [-0.39, 0.29) is 11.6 Å². The standard InChI is InChI=1S/C21H18ClFO3/c1-12-15(13-4-6-14(23)7-5-13)8-9-16(22)17(12)18-19(24)21(26-20(18)25)10-2-3-11-21/h4-9,18H,2-3,10-11H2,1H3. The first-order valence-electron chi connectivity index (χ1n) is 8.75. The molecule has 1 aliphatic carbocycles. The Kier molecular flexibility index (Phi) is 4.11. The number of benzene rings is 2. The molecule has 1 saturated carbocycles. The second-order valence-electron chi connectivity index (χ2n) is 7.06. The second-order valence-corrected chi connectivity index (χ2v) is 7.47. The van der Waals surface area contributed by atoms with Crippen LogP contribution in [0.4, 0.5) is 4.39 Å². The minimum Gasteiger partial charge on any atom is -0.450 e. The Labute approximate surface area is 156 Å². The van der Waals surface area contributed by atoms with Crippen LogP contribution in [0.2, 0.25) is 5.02 Å². The molecule has 1 heterocycles. The number of halogens is 2. The van der Waals surface area contributed by atoms with Crippen LogP contribution in [-0.4, -0.2) is 17.4 Å². The Morgan fingerprint density at radius 3 is 2.38 bits per heavy atom. The van der Waals surface area contributed by atoms with Gasteiger partial charge in [-0.2, -0.15) is 0 Å². The van der Waals surface area contributed by atoms with Gasteiger partial charge in [-0.1, -0.05) is 29.8 Å². The molecule has 4 rings (SSSR count). The maximum absolute atomic E-state index is 13.2. The van der Waals surface area contributed by atoms with Gasteiger partial charge in [0.05, 0.1) is 0 Å². The first-order chi connectivity index (χ1) is 12.4. The summed E-state index contributed by atoms with van der Waals surface area (Å²) >= 11 is 6.40. The number of carbonyl (C=O) groups excluding carboxylic acids is 2. The lowest BCUT2D eigenvalue weighted by molar-refractivity contribution is -0.151. The highest BCUT2D eigenvalue weighted by Gasteiger charge is 2.57. The normalized spacial score (nSPS) is 21.4. The molecule has 1 aliphatic heterocycles. The van der Waals surface area contributed by atoms with E-state index >= 15 is 0 Å². The first-order valence-corrected chi connectivity index (χ1v) is 9.13. The minimum absolute atomic E-state index is 0.179. The van der Waals surface area contributed by atoms with Crippen molar-refractivity contribution in [2.75, 3.05) is 0 Å². The molecule has 26 heavy (non-hydrogen) atoms. The van der Waals surface area contributed by atoms with Crippen molar-refractivity contribution < 1.29 is 18.7 Å². The van der Waals surface area contributed by atoms with Gasteiger partial charge < -0.3 is 4.74 Å². The van der Waals surface area contributed by atoms with Crippen LogP contribution in [0.25, 0.3) is 11.1 Å². The van der Waals surface area contributed by atoms with Crippen LogP contribution in [0.3, 0.4) is 0 Å². The average Bonchev–Trinajstić information content (AvgIpc) is 3.17. The number of Topliss-reactive ketones (excluding diaryl/α,β-unsaturated/α-hetero) is 1. The van der Waals surface area contributed by atoms with E-state index in [1.54, 1.807) is 18.2 Å². The summed E-state index contributed by atoms with van der Waals surface area (Å²) in [6, 6.07) is 9.61. The molecule has 0 amide bonds. The van der Waals surface area contributed by atoms with Crippen LogP contribution in [0.5, 0.6) is 0 Å². The zero-order valence-electron chi connectivity index (χ0n) is 14.4. The molecule has 1 spiro atoms. The number of ether oxygens (including phenoxy) is 1. The number of rotatable bonds is 2. The highest BCUT2D eigenvalue weighted by molar-refractivity contribution is 6.33. The highest BCUT2D eigenvalue weighted by Crippen LogP contribution is 2.47. The summed E-state index contributed by atoms with van der Waals surface area (Å²) in [5.41, 5.74) is 1.90. The van der Waals surface area contributed by atoms with Crippen molar-refractivity contribution in [2.24, 2.45) is 0 Å². The van der Waals surface area contributed by atoms with E-state index in [4.69, 9.17) is 16.3 Å². The number of hydrogen-bond acceptors (Lipinski definition) is 3. The lowest BCUT2D eigenvalue weighted by Crippen LogP contribution is -2.33. The van der Waals surface area contributed by atoms with E-state index in [1.165, 1.54) is 12.1 Å². The Balaban J connectivity index is 1.82. The van der Waals surface area contributed by atoms with E-state index in [2.05, 4.69) is 0 Å². The van der Waals surface area contributed by atoms with E-state index in [9.17, 15) is 14.0 Å². The molecule has 1 atom stereocenters. The van der Waals surface area contributed by atoms with Crippen LogP contribution >= 0.6 is 11.6 Å². The summed E-state index contributed by atoms with van der Waals surface area (Å²) in [6.07, 6.45) is 2.94. The summed E-state index contributed by atoms with van der Waals surface area (Å²) in [6.45, 7) is 1.83. The van der Waals surface area contributed by atoms with Gasteiger partial charge >= 0.3 is 5.97 Å². The van der Waals surface area contributed by atoms with Crippen LogP contribution in [0, 0.1) is 12.7 Å². The Morgan fingerprint density at radius 1 is 1.08 bits per heavy atom. The monoisotopic (exact) mass is 372 g/mol. The first kappa shape index (κ1) is 17.2. The molecule has 0 N–H and O–H groups in total. The molecule has 0 bridgehead atoms. The Morgan fingerprint density at radius 2 is 1.73 bits per heavy atom. The summed E-state index contributed by atoms with van der Waals surface area (Å²) in [7, 11) is 0. The van der Waals surface area contributed by atoms with Crippen molar-refractivity contribution in [3.63, 3.8) is 0 Å². The molecule has 0 radical (unpaired) electrons. The van der Waals surface area contributed by atoms with E-state index in [0.717, 1.165) is 29.5 Å². The number of carbonyl (C=O) groups is 2. The van der Waals surface area contributed by atoms with Gasteiger partial charge in [-0.3, -0.25) is 9.59 Å². The zero-order valence-corrected chi connectivity index (χ0v) is 15.1. The molecule has 134 valence electrons. The summed E-state index contributed by atoms with van der Waals surface area (Å²) in [5.74, 6) is -2.00. The van der Waals surface area contributed by atoms with E-state index in [0.29, 0.717) is 23.4 Å². The SMILES string of the molecule is Cc1c(-c2ccc(F)cc2)ccc(Cl)c1C1C(=O)OC2(CCCC2)C1=O. The van der Waals surface area contributed by atoms with Crippen LogP contribution in [-0.2, 0) is 14.3 Å². The van der Waals surface area contributed by atoms with Crippen LogP contribution in [0.15, 0.2) is 36.4 Å². The van der Waals surface area contributed by atoms with Crippen molar-refractivity contribution in [3.05, 3.63) is 58.4 Å². The minimum atomic E-state index is -0.985. The van der Waals surface area contributed by atoms with Crippen molar-refractivity contribution in [1.82, 2.24) is 0 Å². The van der Waals surface area contributed by atoms with Crippen LogP contribution < -0.4 is 0 Å². The third-order valence-electron chi connectivity index (χ3n) is 5.56. The van der Waals surface area contributed by atoms with Gasteiger partial charge in [0.15, 0.2) is 11.4 Å². The molecule has 2 aromatic rings. The predicted octanol–water partition coefficient (Wildman–Crippen LogP) is 4.98. The maximum Gasteiger partial charge on any atom is 0.322 e. The van der Waals surface area contributed by atoms with Gasteiger partial charge in [0.25, 0.3) is 0 Å². The van der Waals surface area contributed by atoms with Crippen LogP contribution in [0.1, 0.15) is 42.7 Å². The number of hydrogen-bond donors (Lipinski definition) is 0. The fourth-order valence-electron chi connectivity index (χ4n) is 4.21. The van der Waals surface area contributed by atoms with Crippen molar-refractivity contribution in [1.29, 1.82) is 0 Å². The third kappa shape index (κ3) is 2.55. The molecular formula is C21H18ClFO3. The fraction of sp³-hybridized carbons (Fsp3) is 0.333. The second kappa shape index (κ2) is 6.20. The van der Waals surface area contributed by atoms with Gasteiger partial charge in [-0.05, 0) is 73.1 Å². The molecule has 2 fully saturated rings. The summed E-state index contributed by atoms with van der Waals surface area (Å²) in [5, 5.41) is 0.374. The van der Waals surface area contributed by atoms with Gasteiger partial charge in [-0.25, -0.2) is 4.39 Å². The summed E-state index contributed by atoms with van der Waals surface area (Å²) in [4.78, 5) is 25.7. The lowest BCUT2D eigenvalue weighted by Gasteiger charge is -2.19. The van der Waals surface area contributed by atoms with Crippen molar-refractivity contribution >= 4 is 23.4 Å². The zero-order chi connectivity index (χ0) is 18.5. The highest BCUT2D eigenvalue weighted by atomic mass is 35.5. The van der Waals surface area contributed by atoms with Crippen molar-refractivity contribution in [3.8, 4) is 11.1 Å². The average molecular weight is 373 g/mol. The van der Waals surface area contributed by atoms with Gasteiger partial charge in [0.1, 0.15) is 11.7 Å². The molecule has 5 heteroatoms. The lowest BCUT2D eigenvalue weighted by atomic mass is 9.83. The molecule has 1 saturated heterocycles. The molecule has 2 aromatic carbocycles. The Hall–Kier alpha value is -2.20. The largest absolute Gasteiger partial charge is 0.450 e. The molecule has 0 aromatic heterocycles.